The Morgan fingerprint density at radius 1 is 1.35 bits per heavy atom. The van der Waals surface area contributed by atoms with E-state index in [9.17, 15) is 20.2 Å². The number of thiophene rings is 1. The summed E-state index contributed by atoms with van der Waals surface area (Å²) >= 11 is 0.831. The first-order valence-electron chi connectivity index (χ1n) is 4.96. The van der Waals surface area contributed by atoms with Crippen LogP contribution in [0.1, 0.15) is 13.8 Å². The molecule has 0 unspecified atom stereocenters. The molecule has 17 heavy (non-hydrogen) atoms. The Bertz CT molecular complexity index is 443. The molecule has 0 aliphatic rings. The molecule has 8 heteroatoms. The molecule has 0 spiro atoms. The quantitative estimate of drug-likeness (QED) is 0.599. The fourth-order valence-corrected chi connectivity index (χ4v) is 2.40. The van der Waals surface area contributed by atoms with Gasteiger partial charge in [-0.3, -0.25) is 20.2 Å². The van der Waals surface area contributed by atoms with Crippen molar-refractivity contribution in [1.29, 1.82) is 0 Å². The van der Waals surface area contributed by atoms with Gasteiger partial charge < -0.3 is 4.90 Å². The summed E-state index contributed by atoms with van der Waals surface area (Å²) in [6, 6.07) is 1.01. The molecule has 0 aromatic carbocycles. The van der Waals surface area contributed by atoms with Crippen molar-refractivity contribution in [2.45, 2.75) is 13.8 Å². The van der Waals surface area contributed by atoms with Crippen LogP contribution in [0.3, 0.4) is 0 Å². The van der Waals surface area contributed by atoms with E-state index < -0.39 is 9.85 Å². The molecule has 0 N–H and O–H groups in total. The van der Waals surface area contributed by atoms with E-state index >= 15 is 0 Å². The molecule has 1 aromatic rings. The van der Waals surface area contributed by atoms with Gasteiger partial charge in [0.25, 0.3) is 0 Å². The van der Waals surface area contributed by atoms with Crippen LogP contribution < -0.4 is 4.90 Å². The van der Waals surface area contributed by atoms with Crippen LogP contribution in [0.2, 0.25) is 0 Å². The Balaban J connectivity index is 3.12. The van der Waals surface area contributed by atoms with E-state index in [0.29, 0.717) is 17.5 Å². The smallest absolute Gasteiger partial charge is 0.333 e. The predicted molar refractivity (Wildman–Crippen MR) is 65.7 cm³/mol. The Morgan fingerprint density at radius 3 is 2.35 bits per heavy atom. The summed E-state index contributed by atoms with van der Waals surface area (Å²) in [4.78, 5) is 21.9. The molecule has 0 aliphatic carbocycles. The van der Waals surface area contributed by atoms with Crippen LogP contribution in [0.15, 0.2) is 6.07 Å². The van der Waals surface area contributed by atoms with Crippen LogP contribution in [0.5, 0.6) is 0 Å². The number of hydrogen-bond acceptors (Lipinski definition) is 6. The monoisotopic (exact) mass is 259 g/mol. The van der Waals surface area contributed by atoms with Crippen molar-refractivity contribution < 1.29 is 9.85 Å². The van der Waals surface area contributed by atoms with Gasteiger partial charge in [0.05, 0.1) is 9.85 Å². The largest absolute Gasteiger partial charge is 0.360 e. The molecule has 0 aliphatic heterocycles. The third-order valence-corrected chi connectivity index (χ3v) is 3.23. The zero-order chi connectivity index (χ0) is 13.2. The average Bonchev–Trinajstić information content (AvgIpc) is 2.60. The molecular formula is C9H13N3O4S. The van der Waals surface area contributed by atoms with E-state index in [4.69, 9.17) is 0 Å². The molecule has 1 aromatic heterocycles. The highest BCUT2D eigenvalue weighted by Crippen LogP contribution is 2.41. The van der Waals surface area contributed by atoms with Gasteiger partial charge in [-0.05, 0) is 17.3 Å². The van der Waals surface area contributed by atoms with Crippen molar-refractivity contribution in [3.8, 4) is 0 Å². The van der Waals surface area contributed by atoms with Crippen molar-refractivity contribution in [2.24, 2.45) is 5.92 Å². The molecule has 0 bridgehead atoms. The summed E-state index contributed by atoms with van der Waals surface area (Å²) < 4.78 is 0. The van der Waals surface area contributed by atoms with Crippen molar-refractivity contribution >= 4 is 27.0 Å². The number of anilines is 1. The van der Waals surface area contributed by atoms with Gasteiger partial charge in [-0.2, -0.15) is 0 Å². The minimum Gasteiger partial charge on any atom is -0.360 e. The maximum absolute atomic E-state index is 10.8. The summed E-state index contributed by atoms with van der Waals surface area (Å²) in [6.07, 6.45) is 0. The Kier molecular flexibility index (Phi) is 4.00. The van der Waals surface area contributed by atoms with Crippen molar-refractivity contribution in [2.75, 3.05) is 18.5 Å². The second kappa shape index (κ2) is 5.09. The van der Waals surface area contributed by atoms with Gasteiger partial charge in [-0.15, -0.1) is 0 Å². The topological polar surface area (TPSA) is 89.5 Å². The molecule has 0 amide bonds. The van der Waals surface area contributed by atoms with E-state index in [1.165, 1.54) is 0 Å². The first-order valence-corrected chi connectivity index (χ1v) is 5.78. The highest BCUT2D eigenvalue weighted by molar-refractivity contribution is 7.19. The van der Waals surface area contributed by atoms with Crippen LogP contribution in [-0.4, -0.2) is 23.4 Å². The number of nitrogens with zero attached hydrogens (tertiary/aromatic N) is 3. The van der Waals surface area contributed by atoms with Crippen molar-refractivity contribution in [3.05, 3.63) is 26.3 Å². The Labute approximate surface area is 102 Å². The van der Waals surface area contributed by atoms with Crippen molar-refractivity contribution in [3.63, 3.8) is 0 Å². The van der Waals surface area contributed by atoms with E-state index in [1.54, 1.807) is 11.9 Å². The summed E-state index contributed by atoms with van der Waals surface area (Å²) in [5.74, 6) is 0.320. The van der Waals surface area contributed by atoms with E-state index in [1.807, 2.05) is 13.8 Å². The van der Waals surface area contributed by atoms with E-state index in [0.717, 1.165) is 17.4 Å². The van der Waals surface area contributed by atoms with Gasteiger partial charge >= 0.3 is 10.7 Å². The average molecular weight is 259 g/mol. The maximum atomic E-state index is 10.8. The maximum Gasteiger partial charge on any atom is 0.333 e. The highest BCUT2D eigenvalue weighted by atomic mass is 32.1. The minimum atomic E-state index is -0.607. The van der Waals surface area contributed by atoms with Gasteiger partial charge in [0, 0.05) is 13.6 Å². The first kappa shape index (κ1) is 13.4. The second-order valence-electron chi connectivity index (χ2n) is 4.06. The number of hydrogen-bond donors (Lipinski definition) is 0. The number of nitro groups is 2. The SMILES string of the molecule is CC(C)CN(C)c1sc([N+](=O)[O-])cc1[N+](=O)[O-]. The lowest BCUT2D eigenvalue weighted by atomic mass is 10.2. The number of rotatable bonds is 5. The summed E-state index contributed by atoms with van der Waals surface area (Å²) in [5.41, 5.74) is -0.204. The summed E-state index contributed by atoms with van der Waals surface area (Å²) in [7, 11) is 1.70. The van der Waals surface area contributed by atoms with Gasteiger partial charge in [0.15, 0.2) is 5.00 Å². The first-order chi connectivity index (χ1) is 7.82. The molecule has 0 atom stereocenters. The lowest BCUT2D eigenvalue weighted by Gasteiger charge is -2.18. The van der Waals surface area contributed by atoms with E-state index in [-0.39, 0.29) is 10.7 Å². The zero-order valence-corrected chi connectivity index (χ0v) is 10.6. The molecular weight excluding hydrogens is 246 g/mol. The van der Waals surface area contributed by atoms with Gasteiger partial charge in [0.1, 0.15) is 6.07 Å². The fraction of sp³-hybridized carbons (Fsp3) is 0.556. The lowest BCUT2D eigenvalue weighted by Crippen LogP contribution is -2.22. The standard InChI is InChI=1S/C9H13N3O4S/c1-6(2)5-10(3)9-7(11(13)14)4-8(17-9)12(15)16/h4,6H,5H2,1-3H3. The van der Waals surface area contributed by atoms with Gasteiger partial charge in [-0.25, -0.2) is 0 Å². The molecule has 7 nitrogen and oxygen atoms in total. The van der Waals surface area contributed by atoms with Crippen LogP contribution >= 0.6 is 11.3 Å². The van der Waals surface area contributed by atoms with Crippen LogP contribution in [-0.2, 0) is 0 Å². The summed E-state index contributed by atoms with van der Waals surface area (Å²) in [6.45, 7) is 4.56. The van der Waals surface area contributed by atoms with Crippen LogP contribution in [0.4, 0.5) is 15.7 Å². The lowest BCUT2D eigenvalue weighted by molar-refractivity contribution is -0.389. The van der Waals surface area contributed by atoms with E-state index in [2.05, 4.69) is 0 Å². The fourth-order valence-electron chi connectivity index (χ4n) is 1.48. The predicted octanol–water partition coefficient (Wildman–Crippen LogP) is 2.66. The van der Waals surface area contributed by atoms with Crippen LogP contribution in [0, 0.1) is 26.1 Å². The third kappa shape index (κ3) is 3.13. The molecule has 1 heterocycles. The summed E-state index contributed by atoms with van der Waals surface area (Å²) in [5, 5.41) is 21.5. The Morgan fingerprint density at radius 2 is 1.94 bits per heavy atom. The molecule has 94 valence electrons. The second-order valence-corrected chi connectivity index (χ2v) is 5.07. The molecule has 0 saturated heterocycles. The minimum absolute atomic E-state index is 0.204. The van der Waals surface area contributed by atoms with Crippen LogP contribution in [0.25, 0.3) is 0 Å². The highest BCUT2D eigenvalue weighted by Gasteiger charge is 2.27. The molecule has 0 radical (unpaired) electrons. The Hall–Kier alpha value is -1.70. The third-order valence-electron chi connectivity index (χ3n) is 2.04. The normalized spacial score (nSPS) is 10.6. The van der Waals surface area contributed by atoms with Gasteiger partial charge in [0.2, 0.25) is 0 Å². The molecule has 0 saturated carbocycles. The zero-order valence-electron chi connectivity index (χ0n) is 9.74. The van der Waals surface area contributed by atoms with Crippen molar-refractivity contribution in [1.82, 2.24) is 0 Å². The molecule has 0 fully saturated rings. The molecule has 1 rings (SSSR count). The van der Waals surface area contributed by atoms with Gasteiger partial charge in [-0.1, -0.05) is 13.8 Å².